The van der Waals surface area contributed by atoms with Crippen molar-refractivity contribution >= 4 is 28.7 Å². The first-order valence-electron chi connectivity index (χ1n) is 9.84. The summed E-state index contributed by atoms with van der Waals surface area (Å²) in [6, 6.07) is 15.4. The highest BCUT2D eigenvalue weighted by atomic mass is 35.5. The van der Waals surface area contributed by atoms with E-state index in [9.17, 15) is 8.94 Å². The Morgan fingerprint density at radius 2 is 1.81 bits per heavy atom. The lowest BCUT2D eigenvalue weighted by Gasteiger charge is -2.19. The highest BCUT2D eigenvalue weighted by molar-refractivity contribution is 7.92. The fourth-order valence-corrected chi connectivity index (χ4v) is 4.17. The van der Waals surface area contributed by atoms with Gasteiger partial charge >= 0.3 is 0 Å². The zero-order chi connectivity index (χ0) is 22.9. The highest BCUT2D eigenvalue weighted by Crippen LogP contribution is 2.31. The smallest absolute Gasteiger partial charge is 0.189 e. The van der Waals surface area contributed by atoms with Gasteiger partial charge in [0, 0.05) is 6.20 Å². The van der Waals surface area contributed by atoms with Crippen LogP contribution in [0.4, 0.5) is 10.1 Å². The summed E-state index contributed by atoms with van der Waals surface area (Å²) in [5.74, 6) is -0.145. The van der Waals surface area contributed by atoms with Crippen LogP contribution in [0.25, 0.3) is 17.2 Å². The number of hydrogen-bond acceptors (Lipinski definition) is 5. The van der Waals surface area contributed by atoms with Gasteiger partial charge in [0.15, 0.2) is 10.7 Å². The molecule has 0 radical (unpaired) electrons. The predicted molar refractivity (Wildman–Crippen MR) is 125 cm³/mol. The van der Waals surface area contributed by atoms with Gasteiger partial charge in [0.1, 0.15) is 34.9 Å². The van der Waals surface area contributed by atoms with Crippen molar-refractivity contribution in [3.63, 3.8) is 0 Å². The normalized spacial score (nSPS) is 12.6. The average molecular weight is 470 g/mol. The van der Waals surface area contributed by atoms with Gasteiger partial charge in [0.25, 0.3) is 0 Å². The van der Waals surface area contributed by atoms with E-state index >= 15 is 0 Å². The molecule has 0 aliphatic rings. The van der Waals surface area contributed by atoms with Gasteiger partial charge in [0.2, 0.25) is 0 Å². The fraction of sp³-hybridized carbons (Fsp3) is 0.174. The van der Waals surface area contributed by atoms with Crippen LogP contribution in [0.5, 0.6) is 0 Å². The van der Waals surface area contributed by atoms with E-state index in [1.54, 1.807) is 24.3 Å². The van der Waals surface area contributed by atoms with E-state index in [0.717, 1.165) is 5.56 Å². The number of para-hydroxylation sites is 1. The molecule has 0 saturated carbocycles. The van der Waals surface area contributed by atoms with E-state index in [1.807, 2.05) is 24.3 Å². The van der Waals surface area contributed by atoms with Crippen molar-refractivity contribution in [1.82, 2.24) is 19.7 Å². The Kier molecular flexibility index (Phi) is 6.19. The first kappa shape index (κ1) is 22.3. The molecule has 0 amide bonds. The van der Waals surface area contributed by atoms with Gasteiger partial charge in [-0.2, -0.15) is 0 Å². The van der Waals surface area contributed by atoms with E-state index in [0.29, 0.717) is 21.3 Å². The molecule has 0 aliphatic heterocycles. The van der Waals surface area contributed by atoms with Gasteiger partial charge in [-0.05, 0) is 41.3 Å². The van der Waals surface area contributed by atoms with E-state index < -0.39 is 17.2 Å². The highest BCUT2D eigenvalue weighted by Gasteiger charge is 2.22. The summed E-state index contributed by atoms with van der Waals surface area (Å²) in [6.07, 6.45) is 2.85. The van der Waals surface area contributed by atoms with Crippen molar-refractivity contribution in [2.24, 2.45) is 0 Å². The van der Waals surface area contributed by atoms with Crippen LogP contribution in [0.15, 0.2) is 72.0 Å². The van der Waals surface area contributed by atoms with E-state index in [2.05, 4.69) is 40.7 Å². The Bertz CT molecular complexity index is 1240. The van der Waals surface area contributed by atoms with Crippen molar-refractivity contribution in [2.75, 3.05) is 4.72 Å². The number of hydrogen-bond donors (Lipinski definition) is 1. The summed E-state index contributed by atoms with van der Waals surface area (Å²) in [5, 5.41) is 8.39. The third kappa shape index (κ3) is 4.62. The second kappa shape index (κ2) is 8.90. The molecule has 32 heavy (non-hydrogen) atoms. The summed E-state index contributed by atoms with van der Waals surface area (Å²) < 4.78 is 31.9. The van der Waals surface area contributed by atoms with E-state index in [4.69, 9.17) is 11.6 Å². The second-order valence-corrected chi connectivity index (χ2v) is 9.82. The summed E-state index contributed by atoms with van der Waals surface area (Å²) >= 11 is 4.57. The average Bonchev–Trinajstić information content (AvgIpc) is 3.23. The molecule has 4 rings (SSSR count). The first-order valence-corrected chi connectivity index (χ1v) is 11.4. The number of pyridine rings is 1. The van der Waals surface area contributed by atoms with Crippen LogP contribution in [-0.2, 0) is 16.8 Å². The van der Waals surface area contributed by atoms with Gasteiger partial charge in [0.05, 0.1) is 10.7 Å². The maximum atomic E-state index is 14.4. The minimum Gasteiger partial charge on any atom is -0.588 e. The molecule has 2 aromatic carbocycles. The lowest BCUT2D eigenvalue weighted by Crippen LogP contribution is -2.16. The molecule has 0 bridgehead atoms. The van der Waals surface area contributed by atoms with Crippen LogP contribution in [-0.4, -0.2) is 24.3 Å². The summed E-state index contributed by atoms with van der Waals surface area (Å²) in [5.41, 5.74) is 2.14. The van der Waals surface area contributed by atoms with Crippen molar-refractivity contribution in [3.8, 4) is 17.2 Å². The second-order valence-electron chi connectivity index (χ2n) is 8.17. The molecule has 1 unspecified atom stereocenters. The Morgan fingerprint density at radius 3 is 2.50 bits per heavy atom. The van der Waals surface area contributed by atoms with Gasteiger partial charge < -0.3 is 4.55 Å². The Balaban J connectivity index is 1.69. The van der Waals surface area contributed by atoms with Crippen LogP contribution in [0.1, 0.15) is 26.3 Å². The monoisotopic (exact) mass is 469 g/mol. The predicted octanol–water partition coefficient (Wildman–Crippen LogP) is 5.55. The lowest BCUT2D eigenvalue weighted by atomic mass is 9.87. The number of aromatic nitrogens is 4. The molecule has 6 nitrogen and oxygen atoms in total. The molecule has 4 aromatic rings. The zero-order valence-corrected chi connectivity index (χ0v) is 19.3. The van der Waals surface area contributed by atoms with Crippen molar-refractivity contribution < 1.29 is 8.94 Å². The molecule has 0 fully saturated rings. The first-order chi connectivity index (χ1) is 15.2. The minimum absolute atomic E-state index is 0.00567. The Morgan fingerprint density at radius 1 is 1.09 bits per heavy atom. The minimum atomic E-state index is -1.59. The van der Waals surface area contributed by atoms with Gasteiger partial charge in [-0.1, -0.05) is 56.6 Å². The quantitative estimate of drug-likeness (QED) is 0.387. The Labute approximate surface area is 193 Å². The number of halogens is 2. The summed E-state index contributed by atoms with van der Waals surface area (Å²) in [7, 11) is 0. The zero-order valence-electron chi connectivity index (χ0n) is 17.7. The molecule has 1 N–H and O–H groups in total. The summed E-state index contributed by atoms with van der Waals surface area (Å²) in [4.78, 5) is 4.95. The summed E-state index contributed by atoms with van der Waals surface area (Å²) in [6.45, 7) is 6.35. The maximum absolute atomic E-state index is 14.4. The van der Waals surface area contributed by atoms with E-state index in [1.165, 1.54) is 23.2 Å². The van der Waals surface area contributed by atoms with Crippen molar-refractivity contribution in [1.29, 1.82) is 0 Å². The molecule has 9 heteroatoms. The SMILES string of the molecule is CC(C)(C)c1ccc([S+]([O-])Nc2cc(Cl)cnc2-c2nncn2-c2ccccc2F)cc1. The third-order valence-corrected chi connectivity index (χ3v) is 6.18. The number of nitrogens with zero attached hydrogens (tertiary/aromatic N) is 4. The van der Waals surface area contributed by atoms with Gasteiger partial charge in [-0.25, -0.2) is 14.1 Å². The van der Waals surface area contributed by atoms with Crippen LogP contribution in [0, 0.1) is 5.82 Å². The number of rotatable bonds is 5. The Hall–Kier alpha value is -2.94. The molecule has 0 spiro atoms. The standard InChI is InChI=1S/C23H21ClFN5OS/c1-23(2,3)15-8-10-17(11-9-15)32(31)29-19-12-16(24)13-26-21(19)22-28-27-14-30(22)20-7-5-4-6-18(20)25/h4-14,29H,1-3H3. The maximum Gasteiger partial charge on any atom is 0.189 e. The molecular formula is C23H21ClFN5OS. The third-order valence-electron chi connectivity index (χ3n) is 4.86. The number of benzene rings is 2. The van der Waals surface area contributed by atoms with E-state index in [-0.39, 0.29) is 16.9 Å². The molecule has 0 saturated heterocycles. The van der Waals surface area contributed by atoms with Crippen LogP contribution in [0.3, 0.4) is 0 Å². The van der Waals surface area contributed by atoms with Crippen LogP contribution < -0.4 is 4.72 Å². The van der Waals surface area contributed by atoms with Gasteiger partial charge in [-0.3, -0.25) is 4.57 Å². The number of anilines is 1. The van der Waals surface area contributed by atoms with Crippen LogP contribution in [0.2, 0.25) is 5.02 Å². The molecule has 2 heterocycles. The van der Waals surface area contributed by atoms with Crippen LogP contribution >= 0.6 is 11.6 Å². The topological polar surface area (TPSA) is 78.7 Å². The van der Waals surface area contributed by atoms with Crippen molar-refractivity contribution in [2.45, 2.75) is 31.1 Å². The van der Waals surface area contributed by atoms with Crippen molar-refractivity contribution in [3.05, 3.63) is 83.5 Å². The largest absolute Gasteiger partial charge is 0.588 e. The molecule has 0 aliphatic carbocycles. The fourth-order valence-electron chi connectivity index (χ4n) is 3.15. The molecule has 164 valence electrons. The molecule has 2 aromatic heterocycles. The lowest BCUT2D eigenvalue weighted by molar-refractivity contribution is 0.587. The molecule has 1 atom stereocenters. The van der Waals surface area contributed by atoms with Gasteiger partial charge in [-0.15, -0.1) is 10.2 Å². The molecular weight excluding hydrogens is 449 g/mol. The number of nitrogens with one attached hydrogen (secondary N) is 1.